The van der Waals surface area contributed by atoms with E-state index in [0.717, 1.165) is 6.07 Å². The molecule has 4 nitrogen and oxygen atoms in total. The summed E-state index contributed by atoms with van der Waals surface area (Å²) in [5, 5.41) is 4.58. The standard InChI is InChI=1S/C8H7F5N2O2S/c9-7(10,8(11,12)13)5-3-4(14)1-2-6(5)18(15,16)17/h1-3H,14H2,(H2,15,16,17). The van der Waals surface area contributed by atoms with Gasteiger partial charge >= 0.3 is 12.1 Å². The maximum atomic E-state index is 13.1. The number of primary sulfonamides is 1. The van der Waals surface area contributed by atoms with Crippen molar-refractivity contribution >= 4 is 15.7 Å². The zero-order valence-electron chi connectivity index (χ0n) is 8.50. The predicted molar refractivity (Wildman–Crippen MR) is 52.2 cm³/mol. The molecule has 0 heterocycles. The van der Waals surface area contributed by atoms with Crippen LogP contribution in [0.3, 0.4) is 0 Å². The summed E-state index contributed by atoms with van der Waals surface area (Å²) in [4.78, 5) is -1.32. The van der Waals surface area contributed by atoms with E-state index in [-0.39, 0.29) is 6.07 Å². The fourth-order valence-electron chi connectivity index (χ4n) is 1.19. The first-order chi connectivity index (χ1) is 7.87. The van der Waals surface area contributed by atoms with E-state index in [9.17, 15) is 30.4 Å². The van der Waals surface area contributed by atoms with Crippen LogP contribution >= 0.6 is 0 Å². The molecule has 0 radical (unpaired) electrons. The number of nitrogens with two attached hydrogens (primary N) is 2. The highest BCUT2D eigenvalue weighted by atomic mass is 32.2. The Kier molecular flexibility index (Phi) is 3.30. The van der Waals surface area contributed by atoms with Crippen molar-refractivity contribution in [3.05, 3.63) is 23.8 Å². The van der Waals surface area contributed by atoms with E-state index in [1.54, 1.807) is 0 Å². The molecule has 0 unspecified atom stereocenters. The van der Waals surface area contributed by atoms with Gasteiger partial charge in [-0.1, -0.05) is 0 Å². The molecule has 0 fully saturated rings. The van der Waals surface area contributed by atoms with E-state index >= 15 is 0 Å². The van der Waals surface area contributed by atoms with Crippen molar-refractivity contribution in [2.75, 3.05) is 5.73 Å². The number of hydrogen-bond donors (Lipinski definition) is 2. The molecule has 0 saturated carbocycles. The Labute approximate surface area is 98.4 Å². The van der Waals surface area contributed by atoms with Crippen molar-refractivity contribution in [2.45, 2.75) is 17.0 Å². The van der Waals surface area contributed by atoms with Crippen molar-refractivity contribution in [3.8, 4) is 0 Å². The second-order valence-corrected chi connectivity index (χ2v) is 4.90. The van der Waals surface area contributed by atoms with Gasteiger partial charge in [0.2, 0.25) is 10.0 Å². The molecule has 0 aromatic heterocycles. The Hall–Kier alpha value is -1.42. The smallest absolute Gasteiger partial charge is 0.399 e. The average Bonchev–Trinajstić information content (AvgIpc) is 2.13. The van der Waals surface area contributed by atoms with Gasteiger partial charge in [-0.2, -0.15) is 22.0 Å². The number of alkyl halides is 5. The number of anilines is 1. The summed E-state index contributed by atoms with van der Waals surface area (Å²) in [5.41, 5.74) is 2.84. The SMILES string of the molecule is Nc1ccc(S(N)(=O)=O)c(C(F)(F)C(F)(F)F)c1. The lowest BCUT2D eigenvalue weighted by atomic mass is 10.1. The number of benzene rings is 1. The van der Waals surface area contributed by atoms with Crippen molar-refractivity contribution < 1.29 is 30.4 Å². The molecule has 0 amide bonds. The summed E-state index contributed by atoms with van der Waals surface area (Å²) in [6.45, 7) is 0. The van der Waals surface area contributed by atoms with Crippen LogP contribution in [0.2, 0.25) is 0 Å². The lowest BCUT2D eigenvalue weighted by molar-refractivity contribution is -0.290. The third kappa shape index (κ3) is 2.53. The molecule has 0 spiro atoms. The van der Waals surface area contributed by atoms with Crippen molar-refractivity contribution in [1.82, 2.24) is 0 Å². The first-order valence-electron chi connectivity index (χ1n) is 4.24. The van der Waals surface area contributed by atoms with Gasteiger partial charge in [-0.05, 0) is 18.2 Å². The van der Waals surface area contributed by atoms with Gasteiger partial charge in [0.05, 0.1) is 10.5 Å². The van der Waals surface area contributed by atoms with E-state index in [1.807, 2.05) is 0 Å². The van der Waals surface area contributed by atoms with Crippen LogP contribution in [-0.4, -0.2) is 14.6 Å². The number of halogens is 5. The predicted octanol–water partition coefficient (Wildman–Crippen LogP) is 1.57. The molecular weight excluding hydrogens is 283 g/mol. The highest BCUT2D eigenvalue weighted by molar-refractivity contribution is 7.89. The van der Waals surface area contributed by atoms with Gasteiger partial charge in [-0.15, -0.1) is 0 Å². The monoisotopic (exact) mass is 290 g/mol. The van der Waals surface area contributed by atoms with Gasteiger partial charge in [-0.25, -0.2) is 13.6 Å². The molecule has 1 aromatic rings. The maximum absolute atomic E-state index is 13.1. The van der Waals surface area contributed by atoms with Crippen LogP contribution in [0.25, 0.3) is 0 Å². The van der Waals surface area contributed by atoms with Gasteiger partial charge in [0.1, 0.15) is 0 Å². The van der Waals surface area contributed by atoms with Crippen LogP contribution in [0, 0.1) is 0 Å². The van der Waals surface area contributed by atoms with E-state index in [0.29, 0.717) is 6.07 Å². The van der Waals surface area contributed by atoms with Crippen LogP contribution in [0.15, 0.2) is 23.1 Å². The Balaban J connectivity index is 3.64. The Morgan fingerprint density at radius 1 is 1.06 bits per heavy atom. The minimum absolute atomic E-state index is 0.229. The summed E-state index contributed by atoms with van der Waals surface area (Å²) in [6.07, 6.45) is -5.96. The molecule has 0 bridgehead atoms. The Morgan fingerprint density at radius 2 is 1.56 bits per heavy atom. The van der Waals surface area contributed by atoms with Gasteiger partial charge in [-0.3, -0.25) is 0 Å². The van der Waals surface area contributed by atoms with Gasteiger partial charge in [0, 0.05) is 5.69 Å². The van der Waals surface area contributed by atoms with Crippen LogP contribution in [0.4, 0.5) is 27.6 Å². The summed E-state index contributed by atoms with van der Waals surface area (Å²) in [6, 6.07) is 1.59. The lowest BCUT2D eigenvalue weighted by Crippen LogP contribution is -2.35. The molecule has 0 aliphatic carbocycles. The van der Waals surface area contributed by atoms with Crippen molar-refractivity contribution in [3.63, 3.8) is 0 Å². The molecular formula is C8H7F5N2O2S. The second kappa shape index (κ2) is 4.05. The molecule has 0 atom stereocenters. The molecule has 10 heteroatoms. The van der Waals surface area contributed by atoms with Crippen molar-refractivity contribution in [1.29, 1.82) is 0 Å². The number of hydrogen-bond acceptors (Lipinski definition) is 3. The topological polar surface area (TPSA) is 86.2 Å². The zero-order valence-corrected chi connectivity index (χ0v) is 9.32. The highest BCUT2D eigenvalue weighted by Gasteiger charge is 2.60. The molecule has 4 N–H and O–H groups in total. The van der Waals surface area contributed by atoms with Gasteiger partial charge in [0.15, 0.2) is 0 Å². The van der Waals surface area contributed by atoms with E-state index in [2.05, 4.69) is 5.14 Å². The van der Waals surface area contributed by atoms with Crippen LogP contribution < -0.4 is 10.9 Å². The summed E-state index contributed by atoms with van der Waals surface area (Å²) < 4.78 is 84.8. The molecule has 18 heavy (non-hydrogen) atoms. The number of rotatable bonds is 2. The summed E-state index contributed by atoms with van der Waals surface area (Å²) >= 11 is 0. The van der Waals surface area contributed by atoms with Gasteiger partial charge < -0.3 is 5.73 Å². The minimum atomic E-state index is -5.96. The van der Waals surface area contributed by atoms with Crippen molar-refractivity contribution in [2.24, 2.45) is 5.14 Å². The molecule has 0 aliphatic rings. The van der Waals surface area contributed by atoms with E-state index < -0.39 is 38.3 Å². The summed E-state index contributed by atoms with van der Waals surface area (Å²) in [7, 11) is -4.73. The average molecular weight is 290 g/mol. The van der Waals surface area contributed by atoms with E-state index in [4.69, 9.17) is 5.73 Å². The highest BCUT2D eigenvalue weighted by Crippen LogP contribution is 2.46. The zero-order chi connectivity index (χ0) is 14.4. The third-order valence-corrected chi connectivity index (χ3v) is 2.97. The number of nitrogen functional groups attached to an aromatic ring is 1. The normalized spacial score (nSPS) is 13.7. The first kappa shape index (κ1) is 14.6. The Morgan fingerprint density at radius 3 is 1.94 bits per heavy atom. The summed E-state index contributed by atoms with van der Waals surface area (Å²) in [5.74, 6) is -5.37. The largest absolute Gasteiger partial charge is 0.458 e. The molecule has 1 rings (SSSR count). The Bertz CT molecular complexity index is 567. The second-order valence-electron chi connectivity index (χ2n) is 3.37. The molecule has 102 valence electrons. The van der Waals surface area contributed by atoms with Crippen LogP contribution in [0.5, 0.6) is 0 Å². The lowest BCUT2D eigenvalue weighted by Gasteiger charge is -2.22. The van der Waals surface area contributed by atoms with E-state index in [1.165, 1.54) is 0 Å². The van der Waals surface area contributed by atoms with Crippen LogP contribution in [-0.2, 0) is 15.9 Å². The van der Waals surface area contributed by atoms with Gasteiger partial charge in [0.25, 0.3) is 0 Å². The minimum Gasteiger partial charge on any atom is -0.399 e. The first-order valence-corrected chi connectivity index (χ1v) is 5.79. The quantitative estimate of drug-likeness (QED) is 0.640. The third-order valence-electron chi connectivity index (χ3n) is 2.00. The van der Waals surface area contributed by atoms with Crippen LogP contribution in [0.1, 0.15) is 5.56 Å². The maximum Gasteiger partial charge on any atom is 0.458 e. The molecule has 0 aliphatic heterocycles. The number of sulfonamides is 1. The molecule has 1 aromatic carbocycles. The fourth-order valence-corrected chi connectivity index (χ4v) is 1.95. The fraction of sp³-hybridized carbons (Fsp3) is 0.250. The molecule has 0 saturated heterocycles.